The molecule has 0 rings (SSSR count). The summed E-state index contributed by atoms with van der Waals surface area (Å²) < 4.78 is 0. The van der Waals surface area contributed by atoms with E-state index in [0.717, 1.165) is 0 Å². The van der Waals surface area contributed by atoms with Crippen LogP contribution in [0, 0.1) is 0 Å². The summed E-state index contributed by atoms with van der Waals surface area (Å²) in [6.45, 7) is 0. The van der Waals surface area contributed by atoms with Crippen molar-refractivity contribution in [2.24, 2.45) is 0 Å². The maximum absolute atomic E-state index is 8.33. The van der Waals surface area contributed by atoms with Crippen molar-refractivity contribution in [2.75, 3.05) is 0 Å². The van der Waals surface area contributed by atoms with Gasteiger partial charge in [0.25, 0.3) is 0 Å². The molecule has 0 radical (unpaired) electrons. The summed E-state index contributed by atoms with van der Waals surface area (Å²) in [5.74, 6) is 0. The first-order chi connectivity index (χ1) is 3.46. The summed E-state index contributed by atoms with van der Waals surface area (Å²) in [7, 11) is 15.0. The second-order valence-corrected chi connectivity index (χ2v) is 11.8. The van der Waals surface area contributed by atoms with Crippen LogP contribution in [-0.4, -0.2) is 22.9 Å². The van der Waals surface area contributed by atoms with Crippen LogP contribution >= 0.6 is 26.5 Å². The molecule has 0 heterocycles. The fourth-order valence-electron chi connectivity index (χ4n) is 0. The van der Waals surface area contributed by atoms with E-state index in [0.29, 0.717) is 0 Å². The van der Waals surface area contributed by atoms with Crippen LogP contribution in [0.3, 0.4) is 0 Å². The third-order valence-electron chi connectivity index (χ3n) is 0. The molecule has 0 aliphatic carbocycles. The van der Waals surface area contributed by atoms with Gasteiger partial charge >= 0.3 is 102 Å². The molecule has 10 heavy (non-hydrogen) atoms. The zero-order valence-corrected chi connectivity index (χ0v) is 14.1. The Morgan fingerprint density at radius 3 is 1.10 bits per heavy atom. The molecular weight excluding hydrogens is 334 g/mol. The van der Waals surface area contributed by atoms with Gasteiger partial charge in [-0.1, -0.05) is 0 Å². The van der Waals surface area contributed by atoms with Gasteiger partial charge in [0.15, 0.2) is 0 Å². The Balaban J connectivity index is -0.0000000300. The van der Waals surface area contributed by atoms with Crippen molar-refractivity contribution in [1.29, 1.82) is 0 Å². The summed E-state index contributed by atoms with van der Waals surface area (Å²) in [5, 5.41) is 16.7. The van der Waals surface area contributed by atoms with Gasteiger partial charge in [0.2, 0.25) is 0 Å². The third kappa shape index (κ3) is 124. The van der Waals surface area contributed by atoms with Gasteiger partial charge in [-0.3, -0.25) is 0 Å². The zero-order valence-electron chi connectivity index (χ0n) is 5.31. The van der Waals surface area contributed by atoms with Gasteiger partial charge in [-0.15, -0.1) is 0 Å². The molecule has 0 fully saturated rings. The number of hydrogen-bond acceptors (Lipinski definition) is 3. The predicted molar refractivity (Wildman–Crippen MR) is 28.7 cm³/mol. The van der Waals surface area contributed by atoms with Crippen LogP contribution in [0.5, 0.6) is 0 Å². The predicted octanol–water partition coefficient (Wildman–Crippen LogP) is -6.75. The van der Waals surface area contributed by atoms with Crippen LogP contribution in [0.4, 0.5) is 4.79 Å². The van der Waals surface area contributed by atoms with E-state index in [9.17, 15) is 0 Å². The second-order valence-electron chi connectivity index (χ2n) is 0.442. The molecule has 0 aromatic rings. The summed E-state index contributed by atoms with van der Waals surface area (Å²) in [4.78, 5) is 8.33. The number of hydrogen-bond donors (Lipinski definition) is 0. The zero-order chi connectivity index (χ0) is 7.15. The van der Waals surface area contributed by atoms with Gasteiger partial charge in [0.05, 0.1) is 0 Å². The van der Waals surface area contributed by atoms with Gasteiger partial charge < -0.3 is 15.0 Å². The maximum atomic E-state index is 8.33. The minimum atomic E-state index is -2.33. The first kappa shape index (κ1) is 23.1. The average Bonchev–Trinajstić information content (AvgIpc) is 1.25. The Labute approximate surface area is 121 Å². The molecule has 0 aromatic carbocycles. The third-order valence-corrected chi connectivity index (χ3v) is 0. The Bertz CT molecular complexity index is 66.0. The molecule has 0 saturated heterocycles. The summed E-state index contributed by atoms with van der Waals surface area (Å²) in [5.41, 5.74) is 0. The molecule has 0 spiro atoms. The second kappa shape index (κ2) is 17.9. The molecule has 0 unspecified atom stereocenters. The number of carbonyl (C=O) groups is 1. The standard InChI is InChI=1S/CH2O3.3ClH.2Na.Sb/c2-1(3)4;;;;;;/h(H2,2,3,4);3*1H;;;/q;;;;2*+1;+3/p-5. The van der Waals surface area contributed by atoms with Crippen molar-refractivity contribution in [1.82, 2.24) is 0 Å². The topological polar surface area (TPSA) is 63.2 Å². The van der Waals surface area contributed by atoms with E-state index in [1.807, 2.05) is 0 Å². The number of carbonyl (C=O) groups excluding carboxylic acids is 1. The molecule has 50 valence electrons. The van der Waals surface area contributed by atoms with Crippen molar-refractivity contribution in [3.63, 3.8) is 0 Å². The summed E-state index contributed by atoms with van der Waals surface area (Å²) >= 11 is -2.03. The molecule has 0 N–H and O–H groups in total. The van der Waals surface area contributed by atoms with E-state index >= 15 is 0 Å². The fraction of sp³-hybridized carbons (Fsp3) is 0. The molecule has 0 aromatic heterocycles. The summed E-state index contributed by atoms with van der Waals surface area (Å²) in [6.07, 6.45) is -2.33. The maximum Gasteiger partial charge on any atom is 1.00 e. The van der Waals surface area contributed by atoms with Crippen LogP contribution in [-0.2, 0) is 0 Å². The number of carboxylic acid groups (broad SMARTS) is 2. The quantitative estimate of drug-likeness (QED) is 0.414. The Hall–Kier alpha value is 2.96. The van der Waals surface area contributed by atoms with Crippen LogP contribution in [0.25, 0.3) is 0 Å². The minimum Gasteiger partial charge on any atom is 1.00 e. The summed E-state index contributed by atoms with van der Waals surface area (Å²) in [6, 6.07) is 0. The molecule has 3 nitrogen and oxygen atoms in total. The van der Waals surface area contributed by atoms with Gasteiger partial charge in [-0.25, -0.2) is 0 Å². The van der Waals surface area contributed by atoms with Crippen LogP contribution in [0.15, 0.2) is 0 Å². The van der Waals surface area contributed by atoms with E-state index in [1.165, 1.54) is 0 Å². The van der Waals surface area contributed by atoms with Crippen LogP contribution < -0.4 is 69.3 Å². The molecule has 0 saturated carbocycles. The van der Waals surface area contributed by atoms with Crippen molar-refractivity contribution < 1.29 is 74.1 Å². The first-order valence-corrected chi connectivity index (χ1v) is 10.8. The molecule has 0 bridgehead atoms. The Morgan fingerprint density at radius 2 is 1.10 bits per heavy atom. The Kier molecular flexibility index (Phi) is 41.3. The largest absolute Gasteiger partial charge is 1.00 e. The number of halogens is 3. The van der Waals surface area contributed by atoms with Crippen LogP contribution in [0.2, 0.25) is 0 Å². The van der Waals surface area contributed by atoms with E-state index in [-0.39, 0.29) is 59.1 Å². The molecule has 0 atom stereocenters. The minimum absolute atomic E-state index is 0. The monoisotopic (exact) mass is 332 g/mol. The molecule has 0 aliphatic rings. The normalized spacial score (nSPS) is 6.00. The molecule has 0 amide bonds. The van der Waals surface area contributed by atoms with E-state index < -0.39 is 22.9 Å². The smallest absolute Gasteiger partial charge is 1.00 e. The van der Waals surface area contributed by atoms with Gasteiger partial charge in [0.1, 0.15) is 0 Å². The van der Waals surface area contributed by atoms with Crippen molar-refractivity contribution >= 4 is 49.4 Å². The van der Waals surface area contributed by atoms with Crippen molar-refractivity contribution in [3.8, 4) is 0 Å². The fourth-order valence-corrected chi connectivity index (χ4v) is 0. The SMILES string of the molecule is O=C([O-])[O-].[Cl][Sb]([Cl])[Cl].[Na+].[Na+]. The van der Waals surface area contributed by atoms with Gasteiger partial charge in [-0.05, 0) is 6.16 Å². The van der Waals surface area contributed by atoms with E-state index in [1.54, 1.807) is 0 Å². The molecule has 0 aliphatic heterocycles. The van der Waals surface area contributed by atoms with E-state index in [2.05, 4.69) is 0 Å². The Morgan fingerprint density at radius 1 is 1.10 bits per heavy atom. The van der Waals surface area contributed by atoms with Gasteiger partial charge in [-0.2, -0.15) is 0 Å². The van der Waals surface area contributed by atoms with Crippen molar-refractivity contribution in [3.05, 3.63) is 0 Å². The van der Waals surface area contributed by atoms with E-state index in [4.69, 9.17) is 41.5 Å². The first-order valence-electron chi connectivity index (χ1n) is 1.12. The molecular formula is CCl3Na2O3Sb. The average molecular weight is 334 g/mol. The van der Waals surface area contributed by atoms with Crippen LogP contribution in [0.1, 0.15) is 0 Å². The molecule has 9 heteroatoms. The van der Waals surface area contributed by atoms with Gasteiger partial charge in [0, 0.05) is 0 Å². The number of rotatable bonds is 0. The van der Waals surface area contributed by atoms with Crippen molar-refractivity contribution in [2.45, 2.75) is 0 Å².